The molecule has 0 aliphatic rings. The Morgan fingerprint density at radius 2 is 1.90 bits per heavy atom. The zero-order valence-corrected chi connectivity index (χ0v) is 10.3. The van der Waals surface area contributed by atoms with Crippen molar-refractivity contribution in [2.75, 3.05) is 5.73 Å². The average molecular weight is 271 g/mol. The van der Waals surface area contributed by atoms with E-state index in [1.807, 2.05) is 0 Å². The van der Waals surface area contributed by atoms with E-state index in [1.165, 1.54) is 24.4 Å². The van der Waals surface area contributed by atoms with Crippen LogP contribution in [-0.2, 0) is 0 Å². The molecule has 0 aliphatic carbocycles. The van der Waals surface area contributed by atoms with Crippen molar-refractivity contribution in [2.45, 2.75) is 0 Å². The largest absolute Gasteiger partial charge is 0.367 e. The van der Waals surface area contributed by atoms with Crippen LogP contribution >= 0.6 is 0 Å². The monoisotopic (exact) mass is 271 g/mol. The van der Waals surface area contributed by atoms with Crippen LogP contribution in [0.2, 0.25) is 0 Å². The molecule has 0 saturated carbocycles. The first kappa shape index (κ1) is 12.2. The van der Waals surface area contributed by atoms with Gasteiger partial charge in [-0.3, -0.25) is 4.79 Å². The summed E-state index contributed by atoms with van der Waals surface area (Å²) in [6.45, 7) is 0. The van der Waals surface area contributed by atoms with Gasteiger partial charge in [-0.2, -0.15) is 0 Å². The second-order valence-corrected chi connectivity index (χ2v) is 4.22. The Balaban J connectivity index is 2.19. The maximum Gasteiger partial charge on any atom is 0.248 e. The lowest BCUT2D eigenvalue weighted by molar-refractivity contribution is 0.439. The second-order valence-electron chi connectivity index (χ2n) is 4.22. The van der Waals surface area contributed by atoms with Gasteiger partial charge in [0.2, 0.25) is 11.4 Å². The molecule has 0 fully saturated rings. The van der Waals surface area contributed by atoms with E-state index in [-0.39, 0.29) is 17.3 Å². The Hall–Kier alpha value is -2.89. The normalized spacial score (nSPS) is 10.7. The Kier molecular flexibility index (Phi) is 2.83. The van der Waals surface area contributed by atoms with E-state index < -0.39 is 0 Å². The van der Waals surface area contributed by atoms with Crippen LogP contribution in [0.4, 0.5) is 10.3 Å². The molecule has 0 aliphatic heterocycles. The molecule has 0 unspecified atom stereocenters. The minimum absolute atomic E-state index is 0.117. The number of aromatic amines is 1. The predicted molar refractivity (Wildman–Crippen MR) is 72.4 cm³/mol. The highest BCUT2D eigenvalue weighted by Gasteiger charge is 2.17. The summed E-state index contributed by atoms with van der Waals surface area (Å²) in [6, 6.07) is 8.88. The third kappa shape index (κ3) is 2.07. The maximum atomic E-state index is 13.0. The molecule has 5 nitrogen and oxygen atoms in total. The van der Waals surface area contributed by atoms with Gasteiger partial charge >= 0.3 is 0 Å². The first-order valence-electron chi connectivity index (χ1n) is 5.85. The minimum Gasteiger partial charge on any atom is -0.367 e. The number of nitrogens with zero attached hydrogens (tertiary/aromatic N) is 1. The average Bonchev–Trinajstić information content (AvgIpc) is 2.82. The molecule has 100 valence electrons. The van der Waals surface area contributed by atoms with Crippen LogP contribution in [0.3, 0.4) is 0 Å². The molecule has 0 spiro atoms. The third-order valence-electron chi connectivity index (χ3n) is 2.90. The highest BCUT2D eigenvalue weighted by molar-refractivity contribution is 5.86. The van der Waals surface area contributed by atoms with Crippen LogP contribution in [0.25, 0.3) is 22.4 Å². The van der Waals surface area contributed by atoms with Gasteiger partial charge in [0, 0.05) is 17.8 Å². The fourth-order valence-corrected chi connectivity index (χ4v) is 1.99. The molecule has 20 heavy (non-hydrogen) atoms. The summed E-state index contributed by atoms with van der Waals surface area (Å²) in [5.74, 6) is -0.228. The zero-order valence-electron chi connectivity index (χ0n) is 10.3. The van der Waals surface area contributed by atoms with Gasteiger partial charge in [-0.15, -0.1) is 0 Å². The van der Waals surface area contributed by atoms with Crippen molar-refractivity contribution in [3.8, 4) is 22.4 Å². The number of pyridine rings is 1. The summed E-state index contributed by atoms with van der Waals surface area (Å²) < 4.78 is 18.0. The van der Waals surface area contributed by atoms with Gasteiger partial charge in [0.15, 0.2) is 0 Å². The number of benzene rings is 1. The number of hydrogen-bond acceptors (Lipinski definition) is 4. The topological polar surface area (TPSA) is 84.9 Å². The Bertz CT molecular complexity index is 806. The maximum absolute atomic E-state index is 13.0. The molecule has 6 heteroatoms. The number of halogens is 1. The molecule has 0 atom stereocenters. The first-order valence-corrected chi connectivity index (χ1v) is 5.85. The number of aromatic nitrogens is 2. The van der Waals surface area contributed by atoms with E-state index >= 15 is 0 Å². The van der Waals surface area contributed by atoms with E-state index in [9.17, 15) is 9.18 Å². The van der Waals surface area contributed by atoms with E-state index in [0.717, 1.165) is 0 Å². The highest BCUT2D eigenvalue weighted by atomic mass is 19.1. The van der Waals surface area contributed by atoms with Gasteiger partial charge in [0.1, 0.15) is 11.5 Å². The summed E-state index contributed by atoms with van der Waals surface area (Å²) in [5.41, 5.74) is 7.75. The number of hydrogen-bond donors (Lipinski definition) is 2. The number of nitrogen functional groups attached to an aromatic ring is 1. The molecular weight excluding hydrogens is 261 g/mol. The lowest BCUT2D eigenvalue weighted by atomic mass is 10.0. The van der Waals surface area contributed by atoms with Gasteiger partial charge in [-0.1, -0.05) is 17.3 Å². The molecule has 3 N–H and O–H groups in total. The van der Waals surface area contributed by atoms with E-state index in [0.29, 0.717) is 22.4 Å². The second kappa shape index (κ2) is 4.65. The quantitative estimate of drug-likeness (QED) is 0.749. The van der Waals surface area contributed by atoms with Crippen LogP contribution < -0.4 is 11.3 Å². The lowest BCUT2D eigenvalue weighted by Gasteiger charge is -2.02. The van der Waals surface area contributed by atoms with Crippen LogP contribution in [0.1, 0.15) is 0 Å². The van der Waals surface area contributed by atoms with Crippen molar-refractivity contribution >= 4 is 5.88 Å². The Morgan fingerprint density at radius 3 is 2.60 bits per heavy atom. The number of H-pyrrole nitrogens is 1. The standard InChI is InChI=1S/C14H10FN3O2/c15-10-3-1-8(2-4-10)12-13(18-20-14(12)16)9-5-6-17-11(19)7-9/h1-7H,16H2,(H,17,19). The highest BCUT2D eigenvalue weighted by Crippen LogP contribution is 2.35. The van der Waals surface area contributed by atoms with E-state index in [1.54, 1.807) is 18.2 Å². The van der Waals surface area contributed by atoms with Crippen LogP contribution in [0.15, 0.2) is 51.9 Å². The van der Waals surface area contributed by atoms with Gasteiger partial charge in [0.05, 0.1) is 5.56 Å². The summed E-state index contributed by atoms with van der Waals surface area (Å²) in [4.78, 5) is 13.9. The smallest absolute Gasteiger partial charge is 0.248 e. The zero-order chi connectivity index (χ0) is 14.1. The van der Waals surface area contributed by atoms with Crippen molar-refractivity contribution in [3.05, 3.63) is 58.8 Å². The first-order chi connectivity index (χ1) is 9.65. The number of nitrogens with one attached hydrogen (secondary N) is 1. The van der Waals surface area contributed by atoms with Crippen molar-refractivity contribution in [1.82, 2.24) is 10.1 Å². The van der Waals surface area contributed by atoms with Crippen LogP contribution in [0, 0.1) is 5.82 Å². The molecular formula is C14H10FN3O2. The third-order valence-corrected chi connectivity index (χ3v) is 2.90. The summed E-state index contributed by atoms with van der Waals surface area (Å²) in [7, 11) is 0. The fourth-order valence-electron chi connectivity index (χ4n) is 1.99. The Labute approximate surface area is 112 Å². The summed E-state index contributed by atoms with van der Waals surface area (Å²) in [5, 5.41) is 3.88. The van der Waals surface area contributed by atoms with Crippen LogP contribution in [-0.4, -0.2) is 10.1 Å². The number of anilines is 1. The fraction of sp³-hybridized carbons (Fsp3) is 0. The van der Waals surface area contributed by atoms with Crippen molar-refractivity contribution in [3.63, 3.8) is 0 Å². The predicted octanol–water partition coefficient (Wildman–Crippen LogP) is 2.42. The van der Waals surface area contributed by atoms with Gasteiger partial charge in [-0.05, 0) is 23.8 Å². The molecule has 3 rings (SSSR count). The van der Waals surface area contributed by atoms with E-state index in [2.05, 4.69) is 10.1 Å². The SMILES string of the molecule is Nc1onc(-c2cc[nH]c(=O)c2)c1-c1ccc(F)cc1. The molecule has 0 saturated heterocycles. The number of rotatable bonds is 2. The van der Waals surface area contributed by atoms with Crippen molar-refractivity contribution in [2.24, 2.45) is 0 Å². The van der Waals surface area contributed by atoms with Gasteiger partial charge < -0.3 is 15.2 Å². The van der Waals surface area contributed by atoms with Crippen LogP contribution in [0.5, 0.6) is 0 Å². The van der Waals surface area contributed by atoms with Crippen molar-refractivity contribution < 1.29 is 8.91 Å². The van der Waals surface area contributed by atoms with Gasteiger partial charge in [0.25, 0.3) is 0 Å². The molecule has 2 aromatic heterocycles. The molecule has 1 aromatic carbocycles. The number of nitrogens with two attached hydrogens (primary N) is 1. The van der Waals surface area contributed by atoms with E-state index in [4.69, 9.17) is 10.3 Å². The van der Waals surface area contributed by atoms with Gasteiger partial charge in [-0.25, -0.2) is 4.39 Å². The molecule has 2 heterocycles. The lowest BCUT2D eigenvalue weighted by Crippen LogP contribution is -2.02. The Morgan fingerprint density at radius 1 is 1.15 bits per heavy atom. The molecule has 0 radical (unpaired) electrons. The summed E-state index contributed by atoms with van der Waals surface area (Å²) >= 11 is 0. The summed E-state index contributed by atoms with van der Waals surface area (Å²) in [6.07, 6.45) is 1.51. The molecule has 3 aromatic rings. The molecule has 0 amide bonds. The molecule has 0 bridgehead atoms. The van der Waals surface area contributed by atoms with Crippen molar-refractivity contribution in [1.29, 1.82) is 0 Å². The minimum atomic E-state index is -0.346.